The summed E-state index contributed by atoms with van der Waals surface area (Å²) in [6.07, 6.45) is 3.89. The number of hydrogen-bond acceptors (Lipinski definition) is 2. The van der Waals surface area contributed by atoms with Gasteiger partial charge in [-0.05, 0) is 38.7 Å². The molecule has 3 aliphatic rings. The highest BCUT2D eigenvalue weighted by atomic mass is 16.2. The fraction of sp³-hybridized carbons (Fsp3) is 0.769. The van der Waals surface area contributed by atoms with Crippen LogP contribution in [0.5, 0.6) is 0 Å². The van der Waals surface area contributed by atoms with Crippen molar-refractivity contribution in [2.75, 3.05) is 19.6 Å². The van der Waals surface area contributed by atoms with E-state index < -0.39 is 0 Å². The van der Waals surface area contributed by atoms with E-state index in [9.17, 15) is 4.79 Å². The van der Waals surface area contributed by atoms with E-state index in [-0.39, 0.29) is 5.91 Å². The number of rotatable bonds is 2. The molecule has 16 heavy (non-hydrogen) atoms. The maximum atomic E-state index is 11.8. The van der Waals surface area contributed by atoms with Crippen LogP contribution in [0, 0.1) is 5.92 Å². The van der Waals surface area contributed by atoms with Gasteiger partial charge in [0.05, 0.1) is 0 Å². The van der Waals surface area contributed by atoms with Crippen molar-refractivity contribution in [1.29, 1.82) is 0 Å². The molecule has 0 aromatic carbocycles. The molecule has 3 heteroatoms. The molecule has 3 fully saturated rings. The van der Waals surface area contributed by atoms with Crippen LogP contribution in [0.15, 0.2) is 12.7 Å². The van der Waals surface area contributed by atoms with Crippen LogP contribution in [-0.4, -0.2) is 47.4 Å². The summed E-state index contributed by atoms with van der Waals surface area (Å²) in [6.45, 7) is 11.2. The largest absolute Gasteiger partial charge is 0.335 e. The third-order valence-electron chi connectivity index (χ3n) is 3.93. The van der Waals surface area contributed by atoms with Crippen LogP contribution in [-0.2, 0) is 4.79 Å². The molecule has 3 nitrogen and oxygen atoms in total. The lowest BCUT2D eigenvalue weighted by Gasteiger charge is -2.35. The van der Waals surface area contributed by atoms with Crippen molar-refractivity contribution in [1.82, 2.24) is 9.80 Å². The molecule has 3 saturated heterocycles. The molecule has 0 aromatic heterocycles. The van der Waals surface area contributed by atoms with E-state index in [0.29, 0.717) is 18.0 Å². The highest BCUT2D eigenvalue weighted by Gasteiger charge is 2.36. The molecule has 3 aliphatic heterocycles. The zero-order valence-corrected chi connectivity index (χ0v) is 10.4. The van der Waals surface area contributed by atoms with Gasteiger partial charge in [0, 0.05) is 31.7 Å². The average Bonchev–Trinajstić information content (AvgIpc) is 2.59. The maximum Gasteiger partial charge on any atom is 0.246 e. The molecular weight excluding hydrogens is 200 g/mol. The minimum Gasteiger partial charge on any atom is -0.335 e. The van der Waals surface area contributed by atoms with Crippen molar-refractivity contribution < 1.29 is 4.79 Å². The van der Waals surface area contributed by atoms with Crippen LogP contribution < -0.4 is 0 Å². The molecule has 0 saturated carbocycles. The van der Waals surface area contributed by atoms with Gasteiger partial charge in [0.25, 0.3) is 0 Å². The van der Waals surface area contributed by atoms with Crippen molar-refractivity contribution in [3.63, 3.8) is 0 Å². The molecular formula is C13H22N2O. The highest BCUT2D eigenvalue weighted by Crippen LogP contribution is 2.28. The van der Waals surface area contributed by atoms with Crippen LogP contribution >= 0.6 is 0 Å². The van der Waals surface area contributed by atoms with E-state index in [1.807, 2.05) is 4.90 Å². The Labute approximate surface area is 98.1 Å². The summed E-state index contributed by atoms with van der Waals surface area (Å²) >= 11 is 0. The summed E-state index contributed by atoms with van der Waals surface area (Å²) in [5.41, 5.74) is 0. The Hall–Kier alpha value is -0.830. The van der Waals surface area contributed by atoms with Gasteiger partial charge in [-0.3, -0.25) is 9.69 Å². The lowest BCUT2D eigenvalue weighted by atomic mass is 9.95. The van der Waals surface area contributed by atoms with Crippen molar-refractivity contribution in [3.8, 4) is 0 Å². The third-order valence-corrected chi connectivity index (χ3v) is 3.93. The number of carbonyl (C=O) groups is 1. The molecule has 0 aromatic rings. The smallest absolute Gasteiger partial charge is 0.246 e. The normalized spacial score (nSPS) is 30.6. The summed E-state index contributed by atoms with van der Waals surface area (Å²) < 4.78 is 0. The Bertz CT molecular complexity index is 288. The topological polar surface area (TPSA) is 23.6 Å². The standard InChI is InChI=1S/C13H22N2O/c1-4-13(16)15-8-11-5-6-12(15)9-14(7-11)10(2)3/h4,10-12H,1,5-9H2,2-3H3/t11-,12-/m0/s1. The molecule has 0 spiro atoms. The van der Waals surface area contributed by atoms with E-state index in [2.05, 4.69) is 25.3 Å². The average molecular weight is 222 g/mol. The fourth-order valence-electron chi connectivity index (χ4n) is 2.93. The fourth-order valence-corrected chi connectivity index (χ4v) is 2.93. The first kappa shape index (κ1) is 11.6. The minimum atomic E-state index is 0.111. The lowest BCUT2D eigenvalue weighted by Crippen LogP contribution is -2.47. The first-order valence-electron chi connectivity index (χ1n) is 6.29. The van der Waals surface area contributed by atoms with Gasteiger partial charge in [0.2, 0.25) is 5.91 Å². The quantitative estimate of drug-likeness (QED) is 0.661. The molecule has 3 rings (SSSR count). The molecule has 2 bridgehead atoms. The Kier molecular flexibility index (Phi) is 3.33. The summed E-state index contributed by atoms with van der Waals surface area (Å²) in [4.78, 5) is 16.3. The summed E-state index contributed by atoms with van der Waals surface area (Å²) in [5, 5.41) is 0. The first-order valence-corrected chi connectivity index (χ1v) is 6.29. The molecule has 0 N–H and O–H groups in total. The number of fused-ring (bicyclic) bond motifs is 4. The number of hydrogen-bond donors (Lipinski definition) is 0. The zero-order valence-electron chi connectivity index (χ0n) is 10.4. The molecule has 0 aliphatic carbocycles. The SMILES string of the molecule is C=CC(=O)N1C[C@H]2CC[C@H]1CN(C(C)C)C2. The molecule has 90 valence electrons. The predicted octanol–water partition coefficient (Wildman–Crippen LogP) is 1.50. The number of amides is 1. The third kappa shape index (κ3) is 2.14. The summed E-state index contributed by atoms with van der Waals surface area (Å²) in [6, 6.07) is 0.994. The minimum absolute atomic E-state index is 0.111. The highest BCUT2D eigenvalue weighted by molar-refractivity contribution is 5.87. The Morgan fingerprint density at radius 1 is 1.31 bits per heavy atom. The Morgan fingerprint density at radius 2 is 2.06 bits per heavy atom. The van der Waals surface area contributed by atoms with Gasteiger partial charge in [-0.1, -0.05) is 6.58 Å². The number of carbonyl (C=O) groups excluding carboxylic acids is 1. The Balaban J connectivity index is 2.13. The second-order valence-electron chi connectivity index (χ2n) is 5.34. The van der Waals surface area contributed by atoms with E-state index in [1.165, 1.54) is 12.5 Å². The molecule has 0 unspecified atom stereocenters. The van der Waals surface area contributed by atoms with Gasteiger partial charge in [-0.2, -0.15) is 0 Å². The van der Waals surface area contributed by atoms with E-state index in [4.69, 9.17) is 0 Å². The van der Waals surface area contributed by atoms with Crippen LogP contribution in [0.25, 0.3) is 0 Å². The van der Waals surface area contributed by atoms with Gasteiger partial charge in [-0.15, -0.1) is 0 Å². The van der Waals surface area contributed by atoms with Crippen molar-refractivity contribution >= 4 is 5.91 Å². The number of nitrogens with zero attached hydrogens (tertiary/aromatic N) is 2. The van der Waals surface area contributed by atoms with Gasteiger partial charge < -0.3 is 4.90 Å². The summed E-state index contributed by atoms with van der Waals surface area (Å²) in [7, 11) is 0. The van der Waals surface area contributed by atoms with Crippen molar-refractivity contribution in [2.24, 2.45) is 5.92 Å². The molecule has 3 heterocycles. The van der Waals surface area contributed by atoms with Gasteiger partial charge >= 0.3 is 0 Å². The Morgan fingerprint density at radius 3 is 2.69 bits per heavy atom. The van der Waals surface area contributed by atoms with Gasteiger partial charge in [0.1, 0.15) is 0 Å². The second kappa shape index (κ2) is 4.58. The monoisotopic (exact) mass is 222 g/mol. The van der Waals surface area contributed by atoms with Gasteiger partial charge in [0.15, 0.2) is 0 Å². The van der Waals surface area contributed by atoms with E-state index >= 15 is 0 Å². The summed E-state index contributed by atoms with van der Waals surface area (Å²) in [5.74, 6) is 0.769. The first-order chi connectivity index (χ1) is 7.61. The zero-order chi connectivity index (χ0) is 11.7. The second-order valence-corrected chi connectivity index (χ2v) is 5.34. The molecule has 1 amide bonds. The van der Waals surface area contributed by atoms with Crippen molar-refractivity contribution in [3.05, 3.63) is 12.7 Å². The van der Waals surface area contributed by atoms with Crippen LogP contribution in [0.1, 0.15) is 26.7 Å². The molecule has 2 atom stereocenters. The van der Waals surface area contributed by atoms with Crippen molar-refractivity contribution in [2.45, 2.75) is 38.8 Å². The predicted molar refractivity (Wildman–Crippen MR) is 65.1 cm³/mol. The van der Waals surface area contributed by atoms with Gasteiger partial charge in [-0.25, -0.2) is 0 Å². The van der Waals surface area contributed by atoms with Crippen LogP contribution in [0.3, 0.4) is 0 Å². The van der Waals surface area contributed by atoms with Crippen LogP contribution in [0.2, 0.25) is 0 Å². The van der Waals surface area contributed by atoms with Crippen LogP contribution in [0.4, 0.5) is 0 Å². The number of piperidine rings is 1. The molecule has 0 radical (unpaired) electrons. The maximum absolute atomic E-state index is 11.8. The van der Waals surface area contributed by atoms with E-state index in [0.717, 1.165) is 26.1 Å². The van der Waals surface area contributed by atoms with E-state index in [1.54, 1.807) is 0 Å². The lowest BCUT2D eigenvalue weighted by molar-refractivity contribution is -0.129.